The van der Waals surface area contributed by atoms with Crippen molar-refractivity contribution in [1.82, 2.24) is 0 Å². The van der Waals surface area contributed by atoms with E-state index >= 15 is 0 Å². The van der Waals surface area contributed by atoms with Crippen molar-refractivity contribution in [2.45, 2.75) is 45.5 Å². The minimum atomic E-state index is -1.15. The van der Waals surface area contributed by atoms with Crippen LogP contribution in [-0.2, 0) is 19.1 Å². The zero-order valence-electron chi connectivity index (χ0n) is 15.9. The van der Waals surface area contributed by atoms with Crippen LogP contribution in [-0.4, -0.2) is 24.5 Å². The molecule has 0 aromatic heterocycles. The molecule has 1 aliphatic heterocycles. The highest BCUT2D eigenvalue weighted by Crippen LogP contribution is 2.59. The van der Waals surface area contributed by atoms with Gasteiger partial charge in [-0.05, 0) is 43.0 Å². The van der Waals surface area contributed by atoms with Gasteiger partial charge in [0.25, 0.3) is 0 Å². The van der Waals surface area contributed by atoms with Gasteiger partial charge in [-0.1, -0.05) is 48.5 Å². The van der Waals surface area contributed by atoms with E-state index in [1.165, 1.54) is 13.8 Å². The van der Waals surface area contributed by atoms with Gasteiger partial charge in [0.2, 0.25) is 0 Å². The molecule has 140 valence electrons. The number of benzene rings is 2. The minimum absolute atomic E-state index is 0.118. The molecule has 1 fully saturated rings. The van der Waals surface area contributed by atoms with E-state index in [4.69, 9.17) is 9.47 Å². The van der Waals surface area contributed by atoms with Crippen molar-refractivity contribution in [2.24, 2.45) is 5.41 Å². The molecule has 4 rings (SSSR count). The number of ketones is 2. The summed E-state index contributed by atoms with van der Waals surface area (Å²) in [5.74, 6) is -0.588. The average Bonchev–Trinajstić information content (AvgIpc) is 2.67. The van der Waals surface area contributed by atoms with Crippen molar-refractivity contribution >= 4 is 11.6 Å². The molecule has 1 aliphatic carbocycles. The van der Waals surface area contributed by atoms with Crippen LogP contribution >= 0.6 is 0 Å². The Morgan fingerprint density at radius 2 is 1.56 bits per heavy atom. The van der Waals surface area contributed by atoms with Gasteiger partial charge in [0.05, 0.1) is 6.10 Å². The summed E-state index contributed by atoms with van der Waals surface area (Å²) in [6.45, 7) is 5.40. The highest BCUT2D eigenvalue weighted by molar-refractivity contribution is 6.07. The Labute approximate surface area is 159 Å². The molecule has 0 N–H and O–H groups in total. The molecule has 0 bridgehead atoms. The predicted molar refractivity (Wildman–Crippen MR) is 102 cm³/mol. The van der Waals surface area contributed by atoms with Crippen molar-refractivity contribution in [2.75, 3.05) is 6.61 Å². The standard InChI is InChI=1S/C23H24O4/c1-4-26-20-13-23(14(2)24,15(3)25)21-18-11-7-5-9-16(18)17-10-6-8-12-19(17)22(21)27-20/h5-12,20-22H,4,13H2,1-3H3. The molecule has 0 radical (unpaired) electrons. The summed E-state index contributed by atoms with van der Waals surface area (Å²) >= 11 is 0. The Kier molecular flexibility index (Phi) is 4.49. The molecule has 0 saturated carbocycles. The topological polar surface area (TPSA) is 52.6 Å². The smallest absolute Gasteiger partial charge is 0.159 e. The Bertz CT molecular complexity index is 887. The molecule has 27 heavy (non-hydrogen) atoms. The zero-order chi connectivity index (χ0) is 19.2. The molecule has 4 nitrogen and oxygen atoms in total. The molecule has 2 aliphatic rings. The summed E-state index contributed by atoms with van der Waals surface area (Å²) in [7, 11) is 0. The Morgan fingerprint density at radius 3 is 2.15 bits per heavy atom. The molecule has 2 aromatic rings. The van der Waals surface area contributed by atoms with E-state index < -0.39 is 17.8 Å². The molecule has 1 saturated heterocycles. The second kappa shape index (κ2) is 6.70. The van der Waals surface area contributed by atoms with Gasteiger partial charge in [-0.2, -0.15) is 0 Å². The van der Waals surface area contributed by atoms with Crippen LogP contribution in [0, 0.1) is 5.41 Å². The molecular formula is C23H24O4. The first kappa shape index (κ1) is 18.1. The quantitative estimate of drug-likeness (QED) is 0.753. The van der Waals surface area contributed by atoms with Crippen LogP contribution in [0.5, 0.6) is 0 Å². The summed E-state index contributed by atoms with van der Waals surface area (Å²) < 4.78 is 12.1. The molecule has 2 aromatic carbocycles. The van der Waals surface area contributed by atoms with Crippen molar-refractivity contribution < 1.29 is 19.1 Å². The fourth-order valence-electron chi connectivity index (χ4n) is 4.88. The number of hydrogen-bond donors (Lipinski definition) is 0. The summed E-state index contributed by atoms with van der Waals surface area (Å²) in [5.41, 5.74) is 3.03. The number of carbonyl (C=O) groups excluding carboxylic acids is 2. The third-order valence-corrected chi connectivity index (χ3v) is 6.08. The average molecular weight is 364 g/mol. The van der Waals surface area contributed by atoms with Gasteiger partial charge in [0, 0.05) is 18.9 Å². The van der Waals surface area contributed by atoms with E-state index in [1.54, 1.807) is 0 Å². The number of hydrogen-bond acceptors (Lipinski definition) is 4. The molecule has 3 atom stereocenters. The Balaban J connectivity index is 2.00. The second-order valence-corrected chi connectivity index (χ2v) is 7.38. The van der Waals surface area contributed by atoms with Gasteiger partial charge >= 0.3 is 0 Å². The van der Waals surface area contributed by atoms with E-state index in [-0.39, 0.29) is 23.9 Å². The number of carbonyl (C=O) groups is 2. The largest absolute Gasteiger partial charge is 0.353 e. The highest BCUT2D eigenvalue weighted by atomic mass is 16.7. The highest BCUT2D eigenvalue weighted by Gasteiger charge is 2.58. The molecule has 0 spiro atoms. The molecule has 1 heterocycles. The maximum Gasteiger partial charge on any atom is 0.159 e. The van der Waals surface area contributed by atoms with Gasteiger partial charge in [0.15, 0.2) is 6.29 Å². The predicted octanol–water partition coefficient (Wildman–Crippen LogP) is 4.44. The van der Waals surface area contributed by atoms with Crippen molar-refractivity contribution in [1.29, 1.82) is 0 Å². The third kappa shape index (κ3) is 2.59. The lowest BCUT2D eigenvalue weighted by atomic mass is 9.57. The van der Waals surface area contributed by atoms with Crippen LogP contribution in [0.15, 0.2) is 48.5 Å². The zero-order valence-corrected chi connectivity index (χ0v) is 15.9. The van der Waals surface area contributed by atoms with Crippen LogP contribution in [0.2, 0.25) is 0 Å². The van der Waals surface area contributed by atoms with Crippen molar-refractivity contribution in [3.05, 3.63) is 59.7 Å². The lowest BCUT2D eigenvalue weighted by Crippen LogP contribution is -2.53. The SMILES string of the molecule is CCOC1CC(C(C)=O)(C(C)=O)C2c3ccccc3-c3ccccc3C2O1. The first-order valence-corrected chi connectivity index (χ1v) is 9.48. The van der Waals surface area contributed by atoms with Gasteiger partial charge in [-0.3, -0.25) is 9.59 Å². The first-order valence-electron chi connectivity index (χ1n) is 9.48. The number of Topliss-reactive ketones (excluding diaryl/α,β-unsaturated/α-hetero) is 2. The van der Waals surface area contributed by atoms with E-state index in [2.05, 4.69) is 12.1 Å². The molecule has 3 unspecified atom stereocenters. The molecule has 0 amide bonds. The van der Waals surface area contributed by atoms with Crippen LogP contribution in [0.25, 0.3) is 11.1 Å². The maximum atomic E-state index is 13.0. The van der Waals surface area contributed by atoms with Gasteiger partial charge in [-0.15, -0.1) is 0 Å². The van der Waals surface area contributed by atoms with E-state index in [1.807, 2.05) is 43.3 Å². The fraction of sp³-hybridized carbons (Fsp3) is 0.391. The number of fused-ring (bicyclic) bond motifs is 6. The Morgan fingerprint density at radius 1 is 1.00 bits per heavy atom. The van der Waals surface area contributed by atoms with E-state index in [9.17, 15) is 9.59 Å². The monoisotopic (exact) mass is 364 g/mol. The van der Waals surface area contributed by atoms with E-state index in [0.717, 1.165) is 22.3 Å². The lowest BCUT2D eigenvalue weighted by Gasteiger charge is -2.50. The van der Waals surface area contributed by atoms with Crippen LogP contribution < -0.4 is 0 Å². The van der Waals surface area contributed by atoms with Gasteiger partial charge in [-0.25, -0.2) is 0 Å². The molecular weight excluding hydrogens is 340 g/mol. The van der Waals surface area contributed by atoms with Crippen LogP contribution in [0.1, 0.15) is 50.3 Å². The van der Waals surface area contributed by atoms with Crippen molar-refractivity contribution in [3.63, 3.8) is 0 Å². The van der Waals surface area contributed by atoms with Gasteiger partial charge in [0.1, 0.15) is 17.0 Å². The molecule has 4 heteroatoms. The summed E-state index contributed by atoms with van der Waals surface area (Å²) in [6.07, 6.45) is -0.722. The summed E-state index contributed by atoms with van der Waals surface area (Å²) in [4.78, 5) is 25.9. The normalized spacial score (nSPS) is 25.1. The fourth-order valence-corrected chi connectivity index (χ4v) is 4.88. The second-order valence-electron chi connectivity index (χ2n) is 7.38. The van der Waals surface area contributed by atoms with E-state index in [0.29, 0.717) is 6.61 Å². The van der Waals surface area contributed by atoms with Gasteiger partial charge < -0.3 is 9.47 Å². The maximum absolute atomic E-state index is 13.0. The number of ether oxygens (including phenoxy) is 2. The Hall–Kier alpha value is -2.30. The lowest BCUT2D eigenvalue weighted by molar-refractivity contribution is -0.229. The summed E-state index contributed by atoms with van der Waals surface area (Å²) in [5, 5.41) is 0. The first-order chi connectivity index (χ1) is 13.0. The third-order valence-electron chi connectivity index (χ3n) is 6.08. The minimum Gasteiger partial charge on any atom is -0.353 e. The summed E-state index contributed by atoms with van der Waals surface area (Å²) in [6, 6.07) is 16.1. The van der Waals surface area contributed by atoms with Crippen molar-refractivity contribution in [3.8, 4) is 11.1 Å². The van der Waals surface area contributed by atoms with Crippen LogP contribution in [0.4, 0.5) is 0 Å². The number of rotatable bonds is 4. The van der Waals surface area contributed by atoms with Crippen LogP contribution in [0.3, 0.4) is 0 Å².